The summed E-state index contributed by atoms with van der Waals surface area (Å²) in [6.45, 7) is 6.21. The Bertz CT molecular complexity index is 404. The normalized spacial score (nSPS) is 14.1. The van der Waals surface area contributed by atoms with Crippen molar-refractivity contribution in [3.05, 3.63) is 30.3 Å². The van der Waals surface area contributed by atoms with Gasteiger partial charge in [0.05, 0.1) is 5.60 Å². The highest BCUT2D eigenvalue weighted by Gasteiger charge is 2.22. The molecule has 4 heteroatoms. The van der Waals surface area contributed by atoms with E-state index in [1.54, 1.807) is 18.7 Å². The highest BCUT2D eigenvalue weighted by atomic mass is 32.2. The molecule has 3 nitrogen and oxygen atoms in total. The van der Waals surface area contributed by atoms with Gasteiger partial charge in [-0.15, -0.1) is 11.8 Å². The lowest BCUT2D eigenvalue weighted by atomic mass is 9.94. The number of carbonyl (C=O) groups excluding carboxylic acids is 1. The third-order valence-corrected chi connectivity index (χ3v) is 3.87. The lowest BCUT2D eigenvalue weighted by molar-refractivity contribution is -0.121. The molecule has 1 unspecified atom stereocenters. The van der Waals surface area contributed by atoms with E-state index in [0.717, 1.165) is 5.75 Å². The molecule has 0 aromatic heterocycles. The Morgan fingerprint density at radius 2 is 2.00 bits per heavy atom. The van der Waals surface area contributed by atoms with Gasteiger partial charge in [0.25, 0.3) is 0 Å². The average molecular weight is 295 g/mol. The number of rotatable bonds is 8. The summed E-state index contributed by atoms with van der Waals surface area (Å²) in [6, 6.07) is 10.0. The van der Waals surface area contributed by atoms with Crippen molar-refractivity contribution in [1.29, 1.82) is 0 Å². The van der Waals surface area contributed by atoms with Crippen molar-refractivity contribution in [3.8, 4) is 0 Å². The van der Waals surface area contributed by atoms with E-state index >= 15 is 0 Å². The van der Waals surface area contributed by atoms with Crippen molar-refractivity contribution in [2.75, 3.05) is 12.3 Å². The minimum Gasteiger partial charge on any atom is -0.388 e. The standard InChI is InChI=1S/C16H25NO2S/c1-13(2)11-16(3,19)12-17-15(18)9-10-20-14-7-5-4-6-8-14/h4-8,13,19H,9-12H2,1-3H3,(H,17,18). The molecule has 0 heterocycles. The average Bonchev–Trinajstić information content (AvgIpc) is 2.36. The van der Waals surface area contributed by atoms with Crippen LogP contribution in [0.4, 0.5) is 0 Å². The molecular weight excluding hydrogens is 270 g/mol. The van der Waals surface area contributed by atoms with Crippen molar-refractivity contribution in [3.63, 3.8) is 0 Å². The van der Waals surface area contributed by atoms with Crippen LogP contribution < -0.4 is 5.32 Å². The SMILES string of the molecule is CC(C)CC(C)(O)CNC(=O)CCSc1ccccc1. The number of benzene rings is 1. The molecule has 0 aliphatic heterocycles. The largest absolute Gasteiger partial charge is 0.388 e. The zero-order valence-electron chi connectivity index (χ0n) is 12.6. The fraction of sp³-hybridized carbons (Fsp3) is 0.562. The first-order valence-electron chi connectivity index (χ1n) is 7.06. The van der Waals surface area contributed by atoms with Gasteiger partial charge in [-0.2, -0.15) is 0 Å². The molecule has 0 spiro atoms. The van der Waals surface area contributed by atoms with E-state index in [2.05, 4.69) is 19.2 Å². The van der Waals surface area contributed by atoms with Crippen LogP contribution in [0.3, 0.4) is 0 Å². The van der Waals surface area contributed by atoms with Crippen LogP contribution in [0.15, 0.2) is 35.2 Å². The minimum atomic E-state index is -0.823. The predicted octanol–water partition coefficient (Wildman–Crippen LogP) is 3.08. The Labute approximate surface area is 126 Å². The first-order chi connectivity index (χ1) is 9.39. The van der Waals surface area contributed by atoms with E-state index in [9.17, 15) is 9.90 Å². The van der Waals surface area contributed by atoms with Crippen LogP contribution in [0.5, 0.6) is 0 Å². The van der Waals surface area contributed by atoms with E-state index in [-0.39, 0.29) is 5.91 Å². The number of thioether (sulfide) groups is 1. The van der Waals surface area contributed by atoms with Crippen LogP contribution in [0.25, 0.3) is 0 Å². The summed E-state index contributed by atoms with van der Waals surface area (Å²) in [5, 5.41) is 12.9. The minimum absolute atomic E-state index is 0.00235. The number of nitrogens with one attached hydrogen (secondary N) is 1. The molecule has 112 valence electrons. The summed E-state index contributed by atoms with van der Waals surface area (Å²) < 4.78 is 0. The van der Waals surface area contributed by atoms with Gasteiger partial charge in [0.1, 0.15) is 0 Å². The molecule has 0 fully saturated rings. The van der Waals surface area contributed by atoms with E-state index in [0.29, 0.717) is 25.3 Å². The van der Waals surface area contributed by atoms with Crippen LogP contribution in [0.1, 0.15) is 33.6 Å². The van der Waals surface area contributed by atoms with E-state index in [1.165, 1.54) is 4.90 Å². The van der Waals surface area contributed by atoms with Crippen LogP contribution in [-0.2, 0) is 4.79 Å². The summed E-state index contributed by atoms with van der Waals surface area (Å²) >= 11 is 1.67. The smallest absolute Gasteiger partial charge is 0.220 e. The van der Waals surface area contributed by atoms with Crippen LogP contribution in [0, 0.1) is 5.92 Å². The Hall–Kier alpha value is -1.00. The van der Waals surface area contributed by atoms with Gasteiger partial charge in [-0.05, 0) is 31.4 Å². The van der Waals surface area contributed by atoms with Gasteiger partial charge in [-0.1, -0.05) is 32.0 Å². The van der Waals surface area contributed by atoms with E-state index < -0.39 is 5.60 Å². The lowest BCUT2D eigenvalue weighted by Gasteiger charge is -2.25. The zero-order chi connectivity index (χ0) is 15.0. The van der Waals surface area contributed by atoms with Gasteiger partial charge in [-0.25, -0.2) is 0 Å². The van der Waals surface area contributed by atoms with Crippen molar-refractivity contribution in [2.45, 2.75) is 44.1 Å². The van der Waals surface area contributed by atoms with Gasteiger partial charge >= 0.3 is 0 Å². The summed E-state index contributed by atoms with van der Waals surface area (Å²) in [6.07, 6.45) is 1.16. The molecule has 0 aliphatic carbocycles. The Kier molecular flexibility index (Phi) is 7.10. The first-order valence-corrected chi connectivity index (χ1v) is 8.04. The fourth-order valence-electron chi connectivity index (χ4n) is 2.11. The molecule has 0 aliphatic rings. The molecule has 20 heavy (non-hydrogen) atoms. The molecule has 2 N–H and O–H groups in total. The van der Waals surface area contributed by atoms with Gasteiger partial charge < -0.3 is 10.4 Å². The molecule has 1 aromatic carbocycles. The Morgan fingerprint density at radius 1 is 1.35 bits per heavy atom. The molecule has 1 aromatic rings. The third kappa shape index (κ3) is 7.56. The predicted molar refractivity (Wildman–Crippen MR) is 84.9 cm³/mol. The third-order valence-electron chi connectivity index (χ3n) is 2.86. The number of aliphatic hydroxyl groups is 1. The van der Waals surface area contributed by atoms with E-state index in [1.807, 2.05) is 30.3 Å². The quantitative estimate of drug-likeness (QED) is 0.725. The van der Waals surface area contributed by atoms with Crippen molar-refractivity contribution in [1.82, 2.24) is 5.32 Å². The molecule has 0 radical (unpaired) electrons. The lowest BCUT2D eigenvalue weighted by Crippen LogP contribution is -2.41. The Balaban J connectivity index is 2.20. The van der Waals surface area contributed by atoms with Gasteiger partial charge in [0.15, 0.2) is 0 Å². The van der Waals surface area contributed by atoms with Crippen LogP contribution in [-0.4, -0.2) is 28.9 Å². The van der Waals surface area contributed by atoms with Crippen LogP contribution >= 0.6 is 11.8 Å². The topological polar surface area (TPSA) is 49.3 Å². The van der Waals surface area contributed by atoms with Crippen LogP contribution in [0.2, 0.25) is 0 Å². The van der Waals surface area contributed by atoms with Crippen molar-refractivity contribution in [2.24, 2.45) is 5.92 Å². The maximum atomic E-state index is 11.7. The molecule has 0 bridgehead atoms. The summed E-state index contributed by atoms with van der Waals surface area (Å²) in [5.74, 6) is 1.16. The molecule has 0 saturated carbocycles. The second-order valence-electron chi connectivity index (χ2n) is 5.78. The zero-order valence-corrected chi connectivity index (χ0v) is 13.4. The maximum Gasteiger partial charge on any atom is 0.220 e. The van der Waals surface area contributed by atoms with E-state index in [4.69, 9.17) is 0 Å². The van der Waals surface area contributed by atoms with Crippen molar-refractivity contribution >= 4 is 17.7 Å². The molecule has 1 amide bonds. The highest BCUT2D eigenvalue weighted by molar-refractivity contribution is 7.99. The Morgan fingerprint density at radius 3 is 2.60 bits per heavy atom. The monoisotopic (exact) mass is 295 g/mol. The molecule has 0 saturated heterocycles. The van der Waals surface area contributed by atoms with Gasteiger partial charge in [-0.3, -0.25) is 4.79 Å². The summed E-state index contributed by atoms with van der Waals surface area (Å²) in [4.78, 5) is 12.9. The molecular formula is C16H25NO2S. The molecule has 1 atom stereocenters. The second kappa shape index (κ2) is 8.32. The summed E-state index contributed by atoms with van der Waals surface area (Å²) in [7, 11) is 0. The summed E-state index contributed by atoms with van der Waals surface area (Å²) in [5.41, 5.74) is -0.823. The number of hydrogen-bond acceptors (Lipinski definition) is 3. The maximum absolute atomic E-state index is 11.7. The van der Waals surface area contributed by atoms with Gasteiger partial charge in [0, 0.05) is 23.6 Å². The number of hydrogen-bond donors (Lipinski definition) is 2. The number of amides is 1. The fourth-order valence-corrected chi connectivity index (χ4v) is 2.98. The number of carbonyl (C=O) groups is 1. The van der Waals surface area contributed by atoms with Crippen molar-refractivity contribution < 1.29 is 9.90 Å². The molecule has 1 rings (SSSR count). The van der Waals surface area contributed by atoms with Gasteiger partial charge in [0.2, 0.25) is 5.91 Å². The second-order valence-corrected chi connectivity index (χ2v) is 6.95. The highest BCUT2D eigenvalue weighted by Crippen LogP contribution is 2.18. The first kappa shape index (κ1) is 17.1.